The number of anilines is 2. The lowest BCUT2D eigenvalue weighted by atomic mass is 10.3. The fraction of sp³-hybridized carbons (Fsp3) is 0.280. The molecule has 16 heteroatoms. The molecule has 1 aromatic carbocycles. The maximum absolute atomic E-state index is 13.3. The fourth-order valence-corrected chi connectivity index (χ4v) is 5.84. The number of sulfonamides is 1. The summed E-state index contributed by atoms with van der Waals surface area (Å²) < 4.78 is 58.6. The molecule has 0 amide bonds. The first-order valence-corrected chi connectivity index (χ1v) is 15.4. The van der Waals surface area contributed by atoms with Gasteiger partial charge < -0.3 is 28.6 Å². The Balaban J connectivity index is 1.51. The summed E-state index contributed by atoms with van der Waals surface area (Å²) in [5, 5.41) is 1.67. The number of halogens is 1. The van der Waals surface area contributed by atoms with Gasteiger partial charge in [0.25, 0.3) is 15.9 Å². The van der Waals surface area contributed by atoms with Crippen molar-refractivity contribution in [2.45, 2.75) is 4.21 Å². The maximum Gasteiger partial charge on any atom is 0.316 e. The fourth-order valence-electron chi connectivity index (χ4n) is 3.64. The Labute approximate surface area is 248 Å². The largest absolute Gasteiger partial charge is 0.493 e. The zero-order valence-corrected chi connectivity index (χ0v) is 24.9. The van der Waals surface area contributed by atoms with Crippen molar-refractivity contribution in [1.82, 2.24) is 19.9 Å². The summed E-state index contributed by atoms with van der Waals surface area (Å²) in [6, 6.07) is 10.2. The molecule has 1 aliphatic heterocycles. The van der Waals surface area contributed by atoms with Crippen molar-refractivity contribution in [2.75, 3.05) is 56.2 Å². The van der Waals surface area contributed by atoms with E-state index in [4.69, 9.17) is 23.7 Å². The van der Waals surface area contributed by atoms with E-state index in [1.165, 1.54) is 13.2 Å². The highest BCUT2D eigenvalue weighted by molar-refractivity contribution is 9.10. The number of hydrogen-bond acceptors (Lipinski definition) is 13. The summed E-state index contributed by atoms with van der Waals surface area (Å²) in [7, 11) is -2.51. The molecule has 0 atom stereocenters. The van der Waals surface area contributed by atoms with E-state index in [1.807, 2.05) is 4.90 Å². The highest BCUT2D eigenvalue weighted by Gasteiger charge is 2.27. The number of thiophene rings is 1. The van der Waals surface area contributed by atoms with Gasteiger partial charge in [-0.2, -0.15) is 9.97 Å². The quantitative estimate of drug-likeness (QED) is 0.218. The van der Waals surface area contributed by atoms with Crippen molar-refractivity contribution in [1.29, 1.82) is 0 Å². The second-order valence-electron chi connectivity index (χ2n) is 8.28. The molecule has 0 unspecified atom stereocenters. The van der Waals surface area contributed by atoms with Crippen LogP contribution in [0.5, 0.6) is 29.1 Å². The zero-order valence-electron chi connectivity index (χ0n) is 21.7. The van der Waals surface area contributed by atoms with Crippen molar-refractivity contribution in [2.24, 2.45) is 0 Å². The number of para-hydroxylation sites is 2. The van der Waals surface area contributed by atoms with Gasteiger partial charge in [-0.3, -0.25) is 4.72 Å². The Hall–Kier alpha value is -3.73. The van der Waals surface area contributed by atoms with Crippen LogP contribution in [-0.2, 0) is 14.8 Å². The van der Waals surface area contributed by atoms with Gasteiger partial charge in [-0.15, -0.1) is 11.3 Å². The van der Waals surface area contributed by atoms with Crippen LogP contribution in [0.2, 0.25) is 0 Å². The molecule has 41 heavy (non-hydrogen) atoms. The molecule has 0 radical (unpaired) electrons. The van der Waals surface area contributed by atoms with Crippen LogP contribution in [0, 0.1) is 0 Å². The number of aromatic nitrogens is 4. The molecular weight excluding hydrogens is 640 g/mol. The van der Waals surface area contributed by atoms with Gasteiger partial charge in [0.1, 0.15) is 17.4 Å². The van der Waals surface area contributed by atoms with E-state index in [1.54, 1.807) is 48.1 Å². The minimum Gasteiger partial charge on any atom is -0.493 e. The van der Waals surface area contributed by atoms with Crippen molar-refractivity contribution in [3.05, 3.63) is 58.6 Å². The number of benzene rings is 1. The van der Waals surface area contributed by atoms with Crippen molar-refractivity contribution in [3.63, 3.8) is 0 Å². The molecule has 5 rings (SSSR count). The standard InChI is InChI=1S/C25H25BrN6O7S2/c1-35-18-5-2-3-6-19(18)39-21-22(31-41(33,34)20-7-4-14-40-20)29-24(32-8-10-36-11-9-32)30-23(21)37-12-13-38-25-27-15-17(26)16-28-25/h2-7,14-16H,8-13H2,1H3,(H,29,30,31). The molecule has 4 aromatic rings. The Kier molecular flexibility index (Phi) is 9.33. The molecular formula is C25H25BrN6O7S2. The topological polar surface area (TPSA) is 147 Å². The first-order chi connectivity index (χ1) is 19.9. The summed E-state index contributed by atoms with van der Waals surface area (Å²) in [6.45, 7) is 2.04. The molecule has 0 aliphatic carbocycles. The van der Waals surface area contributed by atoms with E-state index in [2.05, 4.69) is 40.6 Å². The van der Waals surface area contributed by atoms with E-state index >= 15 is 0 Å². The number of methoxy groups -OCH3 is 1. The molecule has 0 bridgehead atoms. The third-order valence-corrected chi connectivity index (χ3v) is 8.68. The molecule has 4 heterocycles. The maximum atomic E-state index is 13.3. The Bertz CT molecular complexity index is 1550. The lowest BCUT2D eigenvalue weighted by molar-refractivity contribution is 0.122. The summed E-state index contributed by atoms with van der Waals surface area (Å²) in [5.41, 5.74) is 0. The van der Waals surface area contributed by atoms with Gasteiger partial charge in [0.15, 0.2) is 17.3 Å². The Morgan fingerprint density at radius 1 is 1.02 bits per heavy atom. The first-order valence-electron chi connectivity index (χ1n) is 12.3. The molecule has 1 N–H and O–H groups in total. The second-order valence-corrected chi connectivity index (χ2v) is 12.0. The molecule has 216 valence electrons. The number of nitrogens with one attached hydrogen (secondary N) is 1. The minimum atomic E-state index is -4.01. The predicted octanol–water partition coefficient (Wildman–Crippen LogP) is 3.99. The van der Waals surface area contributed by atoms with Crippen LogP contribution in [0.15, 0.2) is 62.9 Å². The smallest absolute Gasteiger partial charge is 0.316 e. The average Bonchev–Trinajstić information content (AvgIpc) is 3.55. The SMILES string of the molecule is COc1ccccc1Oc1c(NS(=O)(=O)c2cccs2)nc(N2CCOCC2)nc1OCCOc1ncc(Br)cn1. The first kappa shape index (κ1) is 28.8. The second kappa shape index (κ2) is 13.3. The van der Waals surface area contributed by atoms with Gasteiger partial charge in [0.05, 0.1) is 24.8 Å². The van der Waals surface area contributed by atoms with Crippen LogP contribution in [0.4, 0.5) is 11.8 Å². The third-order valence-electron chi connectivity index (χ3n) is 5.54. The number of nitrogens with zero attached hydrogens (tertiary/aromatic N) is 5. The zero-order chi connectivity index (χ0) is 28.7. The number of rotatable bonds is 12. The van der Waals surface area contributed by atoms with Crippen LogP contribution in [0.25, 0.3) is 0 Å². The highest BCUT2D eigenvalue weighted by atomic mass is 79.9. The van der Waals surface area contributed by atoms with E-state index in [9.17, 15) is 8.42 Å². The molecule has 13 nitrogen and oxygen atoms in total. The van der Waals surface area contributed by atoms with Crippen molar-refractivity contribution >= 4 is 49.1 Å². The molecule has 0 saturated carbocycles. The van der Waals surface area contributed by atoms with Gasteiger partial charge in [0.2, 0.25) is 11.7 Å². The molecule has 1 aliphatic rings. The van der Waals surface area contributed by atoms with E-state index in [0.29, 0.717) is 42.3 Å². The average molecular weight is 666 g/mol. The van der Waals surface area contributed by atoms with Crippen LogP contribution in [0.1, 0.15) is 0 Å². The summed E-state index contributed by atoms with van der Waals surface area (Å²) in [5.74, 6) is 0.810. The van der Waals surface area contributed by atoms with Crippen LogP contribution < -0.4 is 28.6 Å². The van der Waals surface area contributed by atoms with Gasteiger partial charge in [0, 0.05) is 25.5 Å². The normalized spacial score (nSPS) is 13.5. The molecule has 0 spiro atoms. The molecule has 3 aromatic heterocycles. The summed E-state index contributed by atoms with van der Waals surface area (Å²) in [6.07, 6.45) is 3.13. The highest BCUT2D eigenvalue weighted by Crippen LogP contribution is 2.41. The minimum absolute atomic E-state index is 0.00315. The van der Waals surface area contributed by atoms with E-state index in [0.717, 1.165) is 11.3 Å². The lowest BCUT2D eigenvalue weighted by Crippen LogP contribution is -2.37. The monoisotopic (exact) mass is 664 g/mol. The number of hydrogen-bond donors (Lipinski definition) is 1. The van der Waals surface area contributed by atoms with Crippen molar-refractivity contribution < 1.29 is 32.1 Å². The Morgan fingerprint density at radius 2 is 1.76 bits per heavy atom. The van der Waals surface area contributed by atoms with Gasteiger partial charge in [-0.05, 0) is 39.5 Å². The van der Waals surface area contributed by atoms with Gasteiger partial charge >= 0.3 is 6.01 Å². The van der Waals surface area contributed by atoms with Crippen LogP contribution >= 0.6 is 27.3 Å². The lowest BCUT2D eigenvalue weighted by Gasteiger charge is -2.28. The molecule has 1 fully saturated rings. The van der Waals surface area contributed by atoms with Crippen molar-refractivity contribution in [3.8, 4) is 29.1 Å². The predicted molar refractivity (Wildman–Crippen MR) is 154 cm³/mol. The third kappa shape index (κ3) is 7.32. The summed E-state index contributed by atoms with van der Waals surface area (Å²) >= 11 is 4.35. The number of ether oxygens (including phenoxy) is 5. The molecule has 1 saturated heterocycles. The van der Waals surface area contributed by atoms with E-state index < -0.39 is 10.0 Å². The van der Waals surface area contributed by atoms with Crippen LogP contribution in [0.3, 0.4) is 0 Å². The van der Waals surface area contributed by atoms with Gasteiger partial charge in [-0.25, -0.2) is 18.4 Å². The number of morpholine rings is 1. The van der Waals surface area contributed by atoms with Crippen LogP contribution in [-0.4, -0.2) is 75.0 Å². The summed E-state index contributed by atoms with van der Waals surface area (Å²) in [4.78, 5) is 19.2. The van der Waals surface area contributed by atoms with Gasteiger partial charge in [-0.1, -0.05) is 18.2 Å². The van der Waals surface area contributed by atoms with E-state index in [-0.39, 0.29) is 46.8 Å². The Morgan fingerprint density at radius 3 is 2.46 bits per heavy atom.